The van der Waals surface area contributed by atoms with Crippen LogP contribution in [0.15, 0.2) is 180 Å². The third-order valence-corrected chi connectivity index (χ3v) is 9.73. The van der Waals surface area contributed by atoms with Crippen LogP contribution in [-0.4, -0.2) is 15.0 Å². The molecule has 8 aromatic carbocycles. The summed E-state index contributed by atoms with van der Waals surface area (Å²) in [5.74, 6) is 1.84. The highest BCUT2D eigenvalue weighted by atomic mass is 16.3. The molecule has 0 aliphatic carbocycles. The first kappa shape index (κ1) is 29.0. The third-order valence-electron chi connectivity index (χ3n) is 9.73. The van der Waals surface area contributed by atoms with Crippen molar-refractivity contribution >= 4 is 43.5 Å². The van der Waals surface area contributed by atoms with E-state index < -0.39 is 0 Å². The van der Waals surface area contributed by atoms with Gasteiger partial charge in [0.2, 0.25) is 0 Å². The fraction of sp³-hybridized carbons (Fsp3) is 0. The topological polar surface area (TPSA) is 51.8 Å². The summed E-state index contributed by atoms with van der Waals surface area (Å²) in [6.07, 6.45) is 0. The van der Waals surface area contributed by atoms with Crippen molar-refractivity contribution in [2.75, 3.05) is 0 Å². The highest BCUT2D eigenvalue weighted by molar-refractivity contribution is 6.13. The molecule has 0 spiro atoms. The maximum atomic E-state index is 6.53. The lowest BCUT2D eigenvalue weighted by molar-refractivity contribution is 0.669. The van der Waals surface area contributed by atoms with Gasteiger partial charge in [-0.15, -0.1) is 0 Å². The van der Waals surface area contributed by atoms with Gasteiger partial charge in [0.25, 0.3) is 0 Å². The van der Waals surface area contributed by atoms with Gasteiger partial charge in [0.1, 0.15) is 11.2 Å². The van der Waals surface area contributed by atoms with E-state index in [1.807, 2.05) is 42.5 Å². The van der Waals surface area contributed by atoms with Crippen LogP contribution in [0.1, 0.15) is 0 Å². The van der Waals surface area contributed by atoms with E-state index in [4.69, 9.17) is 19.4 Å². The number of furan rings is 1. The standard InChI is InChI=1S/C47H29N3O/c1-2-12-33(13-3-1)45-48-46(34-23-20-31(21-24-34)36-25-22-30-10-4-5-14-35(30)28-36)50-47(49-45)41-18-9-19-42-44(41)40-27-26-37(29-43(40)51-42)39-17-8-15-32-11-6-7-16-38(32)39/h1-29H. The van der Waals surface area contributed by atoms with Crippen LogP contribution in [0.4, 0.5) is 0 Å². The normalized spacial score (nSPS) is 11.5. The Balaban J connectivity index is 1.10. The fourth-order valence-electron chi connectivity index (χ4n) is 7.18. The number of benzene rings is 8. The molecule has 4 nitrogen and oxygen atoms in total. The summed E-state index contributed by atoms with van der Waals surface area (Å²) in [6.45, 7) is 0. The average Bonchev–Trinajstić information content (AvgIpc) is 3.59. The highest BCUT2D eigenvalue weighted by Crippen LogP contribution is 2.39. The van der Waals surface area contributed by atoms with Crippen molar-refractivity contribution in [1.29, 1.82) is 0 Å². The number of hydrogen-bond donors (Lipinski definition) is 0. The first-order valence-corrected chi connectivity index (χ1v) is 17.1. The zero-order chi connectivity index (χ0) is 33.7. The summed E-state index contributed by atoms with van der Waals surface area (Å²) in [6, 6.07) is 61.1. The van der Waals surface area contributed by atoms with Crippen LogP contribution in [0.5, 0.6) is 0 Å². The van der Waals surface area contributed by atoms with Gasteiger partial charge in [-0.3, -0.25) is 0 Å². The molecule has 0 saturated carbocycles. The molecule has 0 aliphatic rings. The quantitative estimate of drug-likeness (QED) is 0.186. The lowest BCUT2D eigenvalue weighted by Crippen LogP contribution is -2.00. The smallest absolute Gasteiger partial charge is 0.164 e. The molecule has 2 heterocycles. The van der Waals surface area contributed by atoms with Gasteiger partial charge in [-0.25, -0.2) is 15.0 Å². The Labute approximate surface area is 294 Å². The van der Waals surface area contributed by atoms with E-state index >= 15 is 0 Å². The van der Waals surface area contributed by atoms with E-state index in [1.54, 1.807) is 0 Å². The molecule has 0 unspecified atom stereocenters. The van der Waals surface area contributed by atoms with Crippen LogP contribution in [-0.2, 0) is 0 Å². The summed E-state index contributed by atoms with van der Waals surface area (Å²) in [5, 5.41) is 6.89. The Kier molecular flexibility index (Phi) is 6.78. The molecule has 10 aromatic rings. The molecule has 0 aliphatic heterocycles. The maximum absolute atomic E-state index is 6.53. The molecular weight excluding hydrogens is 623 g/mol. The van der Waals surface area contributed by atoms with Crippen LogP contribution in [0.25, 0.3) is 99.9 Å². The number of aromatic nitrogens is 3. The molecule has 238 valence electrons. The monoisotopic (exact) mass is 651 g/mol. The number of fused-ring (bicyclic) bond motifs is 5. The van der Waals surface area contributed by atoms with Crippen molar-refractivity contribution in [3.63, 3.8) is 0 Å². The second-order valence-electron chi connectivity index (χ2n) is 12.8. The van der Waals surface area contributed by atoms with E-state index in [2.05, 4.69) is 133 Å². The van der Waals surface area contributed by atoms with Crippen LogP contribution in [0.3, 0.4) is 0 Å². The number of hydrogen-bond acceptors (Lipinski definition) is 4. The molecule has 0 N–H and O–H groups in total. The predicted octanol–water partition coefficient (Wildman–Crippen LogP) is 12.4. The lowest BCUT2D eigenvalue weighted by Gasteiger charge is -2.10. The van der Waals surface area contributed by atoms with E-state index in [-0.39, 0.29) is 0 Å². The molecule has 0 fully saturated rings. The van der Waals surface area contributed by atoms with Gasteiger partial charge in [0.15, 0.2) is 17.5 Å². The third kappa shape index (κ3) is 5.13. The minimum absolute atomic E-state index is 0.601. The van der Waals surface area contributed by atoms with Crippen molar-refractivity contribution in [3.05, 3.63) is 176 Å². The van der Waals surface area contributed by atoms with Gasteiger partial charge in [-0.1, -0.05) is 152 Å². The average molecular weight is 652 g/mol. The fourth-order valence-corrected chi connectivity index (χ4v) is 7.18. The Hall–Kier alpha value is -6.91. The zero-order valence-electron chi connectivity index (χ0n) is 27.5. The van der Waals surface area contributed by atoms with Crippen molar-refractivity contribution in [1.82, 2.24) is 15.0 Å². The van der Waals surface area contributed by atoms with Crippen LogP contribution >= 0.6 is 0 Å². The Morgan fingerprint density at radius 2 is 0.922 bits per heavy atom. The molecule has 10 rings (SSSR count). The zero-order valence-corrected chi connectivity index (χ0v) is 27.5. The molecule has 2 aromatic heterocycles. The molecule has 4 heteroatoms. The van der Waals surface area contributed by atoms with Crippen molar-refractivity contribution in [3.8, 4) is 56.4 Å². The Morgan fingerprint density at radius 3 is 1.76 bits per heavy atom. The van der Waals surface area contributed by atoms with Gasteiger partial charge >= 0.3 is 0 Å². The summed E-state index contributed by atoms with van der Waals surface area (Å²) in [4.78, 5) is 15.2. The van der Waals surface area contributed by atoms with Crippen LogP contribution in [0.2, 0.25) is 0 Å². The molecule has 0 atom stereocenters. The second-order valence-corrected chi connectivity index (χ2v) is 12.8. The first-order valence-electron chi connectivity index (χ1n) is 17.1. The molecule has 0 saturated heterocycles. The molecule has 0 radical (unpaired) electrons. The largest absolute Gasteiger partial charge is 0.456 e. The highest BCUT2D eigenvalue weighted by Gasteiger charge is 2.18. The molecular formula is C47H29N3O. The minimum atomic E-state index is 0.601. The van der Waals surface area contributed by atoms with E-state index in [1.165, 1.54) is 32.7 Å². The lowest BCUT2D eigenvalue weighted by atomic mass is 9.97. The summed E-state index contributed by atoms with van der Waals surface area (Å²) in [5.41, 5.74) is 8.97. The number of rotatable bonds is 5. The SMILES string of the molecule is c1ccc(-c2nc(-c3ccc(-c4ccc5ccccc5c4)cc3)nc(-c3cccc4oc5cc(-c6cccc7ccccc67)ccc5c34)n2)cc1. The van der Waals surface area contributed by atoms with Gasteiger partial charge in [0.05, 0.1) is 0 Å². The first-order chi connectivity index (χ1) is 25.2. The van der Waals surface area contributed by atoms with Gasteiger partial charge < -0.3 is 4.42 Å². The van der Waals surface area contributed by atoms with E-state index in [0.29, 0.717) is 17.5 Å². The van der Waals surface area contributed by atoms with E-state index in [0.717, 1.165) is 49.8 Å². The molecule has 0 bridgehead atoms. The van der Waals surface area contributed by atoms with Crippen molar-refractivity contribution < 1.29 is 4.42 Å². The molecule has 0 amide bonds. The number of nitrogens with zero attached hydrogens (tertiary/aromatic N) is 3. The second kappa shape index (κ2) is 11.9. The van der Waals surface area contributed by atoms with Crippen LogP contribution in [0, 0.1) is 0 Å². The van der Waals surface area contributed by atoms with Crippen molar-refractivity contribution in [2.45, 2.75) is 0 Å². The van der Waals surface area contributed by atoms with Gasteiger partial charge in [-0.2, -0.15) is 0 Å². The summed E-state index contributed by atoms with van der Waals surface area (Å²) >= 11 is 0. The predicted molar refractivity (Wildman–Crippen MR) is 209 cm³/mol. The summed E-state index contributed by atoms with van der Waals surface area (Å²) < 4.78 is 6.53. The minimum Gasteiger partial charge on any atom is -0.456 e. The Morgan fingerprint density at radius 1 is 0.314 bits per heavy atom. The van der Waals surface area contributed by atoms with Crippen LogP contribution < -0.4 is 0 Å². The summed E-state index contributed by atoms with van der Waals surface area (Å²) in [7, 11) is 0. The van der Waals surface area contributed by atoms with Crippen molar-refractivity contribution in [2.24, 2.45) is 0 Å². The van der Waals surface area contributed by atoms with Gasteiger partial charge in [-0.05, 0) is 68.1 Å². The van der Waals surface area contributed by atoms with E-state index in [9.17, 15) is 0 Å². The Bertz CT molecular complexity index is 2900. The molecule has 51 heavy (non-hydrogen) atoms. The maximum Gasteiger partial charge on any atom is 0.164 e. The van der Waals surface area contributed by atoms with Gasteiger partial charge in [0, 0.05) is 27.5 Å².